The van der Waals surface area contributed by atoms with Crippen molar-refractivity contribution in [3.8, 4) is 0 Å². The molecule has 2 heterocycles. The fourth-order valence-corrected chi connectivity index (χ4v) is 1.65. The van der Waals surface area contributed by atoms with Crippen LogP contribution >= 0.6 is 11.6 Å². The maximum Gasteiger partial charge on any atom is 0.134 e. The second-order valence-corrected chi connectivity index (χ2v) is 3.93. The number of nitrogens with one attached hydrogen (secondary N) is 1. The number of aromatic nitrogens is 4. The Morgan fingerprint density at radius 2 is 2.29 bits per heavy atom. The van der Waals surface area contributed by atoms with Gasteiger partial charge in [0.15, 0.2) is 0 Å². The summed E-state index contributed by atoms with van der Waals surface area (Å²) in [7, 11) is 0. The summed E-state index contributed by atoms with van der Waals surface area (Å²) in [5.41, 5.74) is 0. The molecule has 6 heteroatoms. The molecule has 0 saturated carbocycles. The third-order valence-electron chi connectivity index (χ3n) is 2.26. The first-order chi connectivity index (χ1) is 8.28. The van der Waals surface area contributed by atoms with Crippen molar-refractivity contribution < 1.29 is 0 Å². The van der Waals surface area contributed by atoms with E-state index in [2.05, 4.69) is 20.4 Å². The molecule has 0 spiro atoms. The van der Waals surface area contributed by atoms with Crippen LogP contribution < -0.4 is 5.32 Å². The van der Waals surface area contributed by atoms with Crippen molar-refractivity contribution in [3.63, 3.8) is 0 Å². The van der Waals surface area contributed by atoms with Crippen LogP contribution in [-0.2, 0) is 13.0 Å². The second-order valence-electron chi connectivity index (χ2n) is 3.54. The molecule has 0 atom stereocenters. The highest BCUT2D eigenvalue weighted by atomic mass is 35.5. The van der Waals surface area contributed by atoms with Gasteiger partial charge in [-0.25, -0.2) is 9.97 Å². The molecular weight excluding hydrogens is 238 g/mol. The zero-order valence-corrected chi connectivity index (χ0v) is 10.4. The molecule has 2 aromatic rings. The molecule has 0 aromatic carbocycles. The van der Waals surface area contributed by atoms with E-state index in [0.29, 0.717) is 5.15 Å². The monoisotopic (exact) mass is 251 g/mol. The van der Waals surface area contributed by atoms with Gasteiger partial charge in [0, 0.05) is 31.4 Å². The number of rotatable bonds is 5. The minimum absolute atomic E-state index is 0.471. The molecule has 0 radical (unpaired) electrons. The first-order valence-corrected chi connectivity index (χ1v) is 5.90. The Morgan fingerprint density at radius 1 is 1.41 bits per heavy atom. The number of halogens is 1. The van der Waals surface area contributed by atoms with Gasteiger partial charge in [-0.1, -0.05) is 18.5 Å². The topological polar surface area (TPSA) is 55.6 Å². The van der Waals surface area contributed by atoms with Crippen molar-refractivity contribution in [2.24, 2.45) is 0 Å². The average molecular weight is 252 g/mol. The van der Waals surface area contributed by atoms with E-state index in [1.807, 2.05) is 23.9 Å². The van der Waals surface area contributed by atoms with E-state index in [0.717, 1.165) is 31.2 Å². The Kier molecular flexibility index (Phi) is 3.93. The van der Waals surface area contributed by atoms with E-state index in [4.69, 9.17) is 11.6 Å². The molecular formula is C11H14ClN5. The molecule has 5 nitrogen and oxygen atoms in total. The zero-order valence-electron chi connectivity index (χ0n) is 9.60. The molecule has 0 aliphatic heterocycles. The summed E-state index contributed by atoms with van der Waals surface area (Å²) < 4.78 is 1.86. The second kappa shape index (κ2) is 5.63. The fourth-order valence-electron chi connectivity index (χ4n) is 1.44. The molecule has 0 unspecified atom stereocenters. The summed E-state index contributed by atoms with van der Waals surface area (Å²) in [5.74, 6) is 1.51. The van der Waals surface area contributed by atoms with Gasteiger partial charge in [-0.05, 0) is 6.07 Å². The lowest BCUT2D eigenvalue weighted by molar-refractivity contribution is 0.636. The Hall–Kier alpha value is -1.62. The minimum Gasteiger partial charge on any atom is -0.368 e. The molecule has 0 aliphatic rings. The van der Waals surface area contributed by atoms with Crippen LogP contribution in [0, 0.1) is 0 Å². The van der Waals surface area contributed by atoms with Gasteiger partial charge in [-0.2, -0.15) is 5.10 Å². The number of anilines is 1. The van der Waals surface area contributed by atoms with Gasteiger partial charge in [-0.15, -0.1) is 0 Å². The normalized spacial score (nSPS) is 10.5. The summed E-state index contributed by atoms with van der Waals surface area (Å²) in [4.78, 5) is 8.44. The molecule has 0 saturated heterocycles. The van der Waals surface area contributed by atoms with Crippen LogP contribution in [0.5, 0.6) is 0 Å². The van der Waals surface area contributed by atoms with Gasteiger partial charge >= 0.3 is 0 Å². The van der Waals surface area contributed by atoms with Crippen molar-refractivity contribution in [2.75, 3.05) is 11.9 Å². The molecule has 2 rings (SSSR count). The van der Waals surface area contributed by atoms with Crippen LogP contribution in [-0.4, -0.2) is 26.3 Å². The standard InChI is InChI=1S/C11H14ClN5/c1-2-10-15-9(12)8-11(16-10)13-5-7-17-6-3-4-14-17/h3-4,6,8H,2,5,7H2,1H3,(H,13,15,16). The number of aryl methyl sites for hydroxylation is 1. The summed E-state index contributed by atoms with van der Waals surface area (Å²) in [5, 5.41) is 7.79. The summed E-state index contributed by atoms with van der Waals surface area (Å²) in [6, 6.07) is 3.63. The predicted molar refractivity (Wildman–Crippen MR) is 67.1 cm³/mol. The minimum atomic E-state index is 0.471. The van der Waals surface area contributed by atoms with Crippen molar-refractivity contribution in [2.45, 2.75) is 19.9 Å². The molecule has 0 aliphatic carbocycles. The van der Waals surface area contributed by atoms with Gasteiger partial charge in [0.1, 0.15) is 16.8 Å². The fraction of sp³-hybridized carbons (Fsp3) is 0.364. The number of nitrogens with zero attached hydrogens (tertiary/aromatic N) is 4. The van der Waals surface area contributed by atoms with Gasteiger partial charge in [0.25, 0.3) is 0 Å². The Labute approximate surface area is 105 Å². The van der Waals surface area contributed by atoms with Crippen molar-refractivity contribution in [1.82, 2.24) is 19.7 Å². The predicted octanol–water partition coefficient (Wildman–Crippen LogP) is 2.00. The van der Waals surface area contributed by atoms with Crippen LogP contribution in [0.15, 0.2) is 24.5 Å². The highest BCUT2D eigenvalue weighted by molar-refractivity contribution is 6.29. The van der Waals surface area contributed by atoms with E-state index in [1.165, 1.54) is 0 Å². The van der Waals surface area contributed by atoms with Crippen LogP contribution in [0.25, 0.3) is 0 Å². The van der Waals surface area contributed by atoms with E-state index in [1.54, 1.807) is 12.3 Å². The van der Waals surface area contributed by atoms with Crippen LogP contribution in [0.4, 0.5) is 5.82 Å². The molecule has 0 fully saturated rings. The lowest BCUT2D eigenvalue weighted by atomic mass is 10.4. The molecule has 0 bridgehead atoms. The third kappa shape index (κ3) is 3.42. The Bertz CT molecular complexity index is 469. The maximum absolute atomic E-state index is 5.90. The molecule has 17 heavy (non-hydrogen) atoms. The highest BCUT2D eigenvalue weighted by Crippen LogP contribution is 2.11. The van der Waals surface area contributed by atoms with Gasteiger partial charge < -0.3 is 5.32 Å². The van der Waals surface area contributed by atoms with Gasteiger partial charge in [0.2, 0.25) is 0 Å². The first kappa shape index (κ1) is 11.9. The Balaban J connectivity index is 1.92. The van der Waals surface area contributed by atoms with Crippen LogP contribution in [0.3, 0.4) is 0 Å². The SMILES string of the molecule is CCc1nc(Cl)cc(NCCn2cccn2)n1. The van der Waals surface area contributed by atoms with Gasteiger partial charge in [0.05, 0.1) is 6.54 Å². The van der Waals surface area contributed by atoms with Crippen LogP contribution in [0.2, 0.25) is 5.15 Å². The van der Waals surface area contributed by atoms with Crippen molar-refractivity contribution >= 4 is 17.4 Å². The highest BCUT2D eigenvalue weighted by Gasteiger charge is 2.01. The third-order valence-corrected chi connectivity index (χ3v) is 2.46. The molecule has 90 valence electrons. The first-order valence-electron chi connectivity index (χ1n) is 5.52. The smallest absolute Gasteiger partial charge is 0.134 e. The lowest BCUT2D eigenvalue weighted by Crippen LogP contribution is -2.12. The summed E-state index contributed by atoms with van der Waals surface area (Å²) >= 11 is 5.90. The van der Waals surface area contributed by atoms with Crippen molar-refractivity contribution in [3.05, 3.63) is 35.5 Å². The summed E-state index contributed by atoms with van der Waals surface area (Å²) in [6.07, 6.45) is 4.46. The van der Waals surface area contributed by atoms with Crippen LogP contribution in [0.1, 0.15) is 12.7 Å². The van der Waals surface area contributed by atoms with Gasteiger partial charge in [-0.3, -0.25) is 4.68 Å². The Morgan fingerprint density at radius 3 is 3.00 bits per heavy atom. The lowest BCUT2D eigenvalue weighted by Gasteiger charge is -2.07. The zero-order chi connectivity index (χ0) is 12.1. The summed E-state index contributed by atoms with van der Waals surface area (Å²) in [6.45, 7) is 3.54. The van der Waals surface area contributed by atoms with E-state index in [-0.39, 0.29) is 0 Å². The number of hydrogen-bond acceptors (Lipinski definition) is 4. The van der Waals surface area contributed by atoms with Crippen molar-refractivity contribution in [1.29, 1.82) is 0 Å². The average Bonchev–Trinajstić information content (AvgIpc) is 2.81. The maximum atomic E-state index is 5.90. The largest absolute Gasteiger partial charge is 0.368 e. The van der Waals surface area contributed by atoms with E-state index < -0.39 is 0 Å². The van der Waals surface area contributed by atoms with E-state index in [9.17, 15) is 0 Å². The molecule has 2 aromatic heterocycles. The molecule has 0 amide bonds. The molecule has 1 N–H and O–H groups in total. The quantitative estimate of drug-likeness (QED) is 0.826. The number of hydrogen-bond donors (Lipinski definition) is 1. The van der Waals surface area contributed by atoms with E-state index >= 15 is 0 Å².